The molecule has 1 aliphatic rings. The summed E-state index contributed by atoms with van der Waals surface area (Å²) in [7, 11) is 1.61. The van der Waals surface area contributed by atoms with Crippen LogP contribution in [0.4, 0.5) is 0 Å². The molecule has 0 aliphatic carbocycles. The van der Waals surface area contributed by atoms with Crippen LogP contribution in [0.25, 0.3) is 11.3 Å². The first-order valence-electron chi connectivity index (χ1n) is 9.18. The van der Waals surface area contributed by atoms with Crippen molar-refractivity contribution in [2.45, 2.75) is 32.7 Å². The molecule has 27 heavy (non-hydrogen) atoms. The maximum absolute atomic E-state index is 12.7. The van der Waals surface area contributed by atoms with Crippen molar-refractivity contribution in [3.63, 3.8) is 0 Å². The molecule has 3 rings (SSSR count). The number of aromatic nitrogens is 1. The zero-order valence-electron chi connectivity index (χ0n) is 15.9. The number of hydrogen-bond acceptors (Lipinski definition) is 5. The molecule has 1 aliphatic heterocycles. The molecule has 1 fully saturated rings. The van der Waals surface area contributed by atoms with E-state index in [4.69, 9.17) is 9.26 Å². The molecule has 1 aromatic carbocycles. The zero-order valence-corrected chi connectivity index (χ0v) is 15.9. The summed E-state index contributed by atoms with van der Waals surface area (Å²) >= 11 is 0. The van der Waals surface area contributed by atoms with E-state index in [1.165, 1.54) is 0 Å². The second-order valence-electron chi connectivity index (χ2n) is 7.03. The summed E-state index contributed by atoms with van der Waals surface area (Å²) in [5, 5.41) is 6.87. The Kier molecular flexibility index (Phi) is 5.78. The highest BCUT2D eigenvalue weighted by molar-refractivity contribution is 5.93. The molecule has 2 aromatic rings. The van der Waals surface area contributed by atoms with Gasteiger partial charge in [-0.25, -0.2) is 0 Å². The molecule has 0 bridgehead atoms. The van der Waals surface area contributed by atoms with Crippen LogP contribution in [-0.2, 0) is 4.79 Å². The van der Waals surface area contributed by atoms with Crippen molar-refractivity contribution in [2.75, 3.05) is 20.2 Å². The first-order valence-corrected chi connectivity index (χ1v) is 9.18. The van der Waals surface area contributed by atoms with Crippen molar-refractivity contribution in [2.24, 2.45) is 5.92 Å². The molecular formula is C20H25N3O4. The molecule has 2 heterocycles. The fourth-order valence-electron chi connectivity index (χ4n) is 3.18. The topological polar surface area (TPSA) is 84.7 Å². The Morgan fingerprint density at radius 1 is 1.22 bits per heavy atom. The number of methoxy groups -OCH3 is 1. The fraction of sp³-hybridized carbons (Fsp3) is 0.450. The normalized spacial score (nSPS) is 15.0. The molecule has 0 atom stereocenters. The Labute approximate surface area is 158 Å². The SMILES string of the molecule is COc1ccc(-c2cc(C(=O)N3CCC(C(=O)NC(C)C)CC3)no2)cc1. The molecule has 1 aromatic heterocycles. The predicted octanol–water partition coefficient (Wildman–Crippen LogP) is 2.73. The van der Waals surface area contributed by atoms with E-state index in [0.29, 0.717) is 31.7 Å². The molecular weight excluding hydrogens is 346 g/mol. The Morgan fingerprint density at radius 2 is 1.89 bits per heavy atom. The zero-order chi connectivity index (χ0) is 19.4. The van der Waals surface area contributed by atoms with E-state index in [-0.39, 0.29) is 29.5 Å². The van der Waals surface area contributed by atoms with Gasteiger partial charge < -0.3 is 19.5 Å². The smallest absolute Gasteiger partial charge is 0.276 e. The average Bonchev–Trinajstić information content (AvgIpc) is 3.17. The van der Waals surface area contributed by atoms with E-state index in [1.54, 1.807) is 18.1 Å². The third-order valence-corrected chi connectivity index (χ3v) is 4.69. The highest BCUT2D eigenvalue weighted by atomic mass is 16.5. The van der Waals surface area contributed by atoms with Gasteiger partial charge in [0.05, 0.1) is 7.11 Å². The monoisotopic (exact) mass is 371 g/mol. The van der Waals surface area contributed by atoms with Crippen LogP contribution in [0, 0.1) is 5.92 Å². The van der Waals surface area contributed by atoms with Crippen LogP contribution in [0.5, 0.6) is 5.75 Å². The molecule has 1 saturated heterocycles. The molecule has 0 radical (unpaired) electrons. The summed E-state index contributed by atoms with van der Waals surface area (Å²) in [5.74, 6) is 1.15. The van der Waals surface area contributed by atoms with Crippen LogP contribution in [-0.4, -0.2) is 48.1 Å². The summed E-state index contributed by atoms with van der Waals surface area (Å²) in [6.07, 6.45) is 1.32. The van der Waals surface area contributed by atoms with Gasteiger partial charge in [-0.15, -0.1) is 0 Å². The number of rotatable bonds is 5. The van der Waals surface area contributed by atoms with Crippen molar-refractivity contribution in [3.8, 4) is 17.1 Å². The number of nitrogens with one attached hydrogen (secondary N) is 1. The number of piperidine rings is 1. The maximum atomic E-state index is 12.7. The number of benzene rings is 1. The Morgan fingerprint density at radius 3 is 2.48 bits per heavy atom. The molecule has 7 nitrogen and oxygen atoms in total. The van der Waals surface area contributed by atoms with Gasteiger partial charge in [-0.05, 0) is 51.0 Å². The minimum Gasteiger partial charge on any atom is -0.497 e. The summed E-state index contributed by atoms with van der Waals surface area (Å²) in [4.78, 5) is 26.5. The van der Waals surface area contributed by atoms with E-state index in [2.05, 4.69) is 10.5 Å². The van der Waals surface area contributed by atoms with Gasteiger partial charge in [-0.1, -0.05) is 5.16 Å². The number of carbonyl (C=O) groups excluding carboxylic acids is 2. The lowest BCUT2D eigenvalue weighted by Crippen LogP contribution is -2.44. The standard InChI is InChI=1S/C20H25N3O4/c1-13(2)21-19(24)15-8-10-23(11-9-15)20(25)17-12-18(27-22-17)14-4-6-16(26-3)7-5-14/h4-7,12-13,15H,8-11H2,1-3H3,(H,21,24). The molecule has 0 spiro atoms. The van der Waals surface area contributed by atoms with Gasteiger partial charge in [0.25, 0.3) is 5.91 Å². The van der Waals surface area contributed by atoms with Crippen LogP contribution in [0.15, 0.2) is 34.9 Å². The van der Waals surface area contributed by atoms with Crippen LogP contribution in [0.1, 0.15) is 37.2 Å². The third-order valence-electron chi connectivity index (χ3n) is 4.69. The van der Waals surface area contributed by atoms with Gasteiger partial charge in [0.1, 0.15) is 5.75 Å². The van der Waals surface area contributed by atoms with Crippen molar-refractivity contribution in [1.29, 1.82) is 0 Å². The molecule has 2 amide bonds. The minimum absolute atomic E-state index is 0.0383. The second-order valence-corrected chi connectivity index (χ2v) is 7.03. The van der Waals surface area contributed by atoms with Crippen LogP contribution >= 0.6 is 0 Å². The second kappa shape index (κ2) is 8.24. The molecule has 0 unspecified atom stereocenters. The largest absolute Gasteiger partial charge is 0.497 e. The van der Waals surface area contributed by atoms with E-state index in [9.17, 15) is 9.59 Å². The Hall–Kier alpha value is -2.83. The van der Waals surface area contributed by atoms with Gasteiger partial charge in [-0.2, -0.15) is 0 Å². The predicted molar refractivity (Wildman–Crippen MR) is 100 cm³/mol. The lowest BCUT2D eigenvalue weighted by atomic mass is 9.95. The summed E-state index contributed by atoms with van der Waals surface area (Å²) in [5.41, 5.74) is 1.11. The van der Waals surface area contributed by atoms with Crippen molar-refractivity contribution < 1.29 is 18.8 Å². The minimum atomic E-state index is -0.166. The van der Waals surface area contributed by atoms with Crippen LogP contribution in [0.3, 0.4) is 0 Å². The van der Waals surface area contributed by atoms with Gasteiger partial charge in [0.2, 0.25) is 5.91 Å². The first-order chi connectivity index (χ1) is 13.0. The number of hydrogen-bond donors (Lipinski definition) is 1. The molecule has 7 heteroatoms. The van der Waals surface area contributed by atoms with E-state index < -0.39 is 0 Å². The lowest BCUT2D eigenvalue weighted by molar-refractivity contribution is -0.126. The van der Waals surface area contributed by atoms with Crippen molar-refractivity contribution in [3.05, 3.63) is 36.0 Å². The fourth-order valence-corrected chi connectivity index (χ4v) is 3.18. The number of nitrogens with zero attached hydrogens (tertiary/aromatic N) is 2. The van der Waals surface area contributed by atoms with E-state index in [1.807, 2.05) is 38.1 Å². The summed E-state index contributed by atoms with van der Waals surface area (Å²) < 4.78 is 10.5. The average molecular weight is 371 g/mol. The summed E-state index contributed by atoms with van der Waals surface area (Å²) in [6.45, 7) is 4.97. The van der Waals surface area contributed by atoms with Gasteiger partial charge >= 0.3 is 0 Å². The van der Waals surface area contributed by atoms with Crippen molar-refractivity contribution in [1.82, 2.24) is 15.4 Å². The number of likely N-dealkylation sites (tertiary alicyclic amines) is 1. The Bertz CT molecular complexity index is 790. The highest BCUT2D eigenvalue weighted by Gasteiger charge is 2.29. The van der Waals surface area contributed by atoms with Gasteiger partial charge in [-0.3, -0.25) is 9.59 Å². The van der Waals surface area contributed by atoms with Gasteiger partial charge in [0.15, 0.2) is 11.5 Å². The first kappa shape index (κ1) is 18.9. The maximum Gasteiger partial charge on any atom is 0.276 e. The van der Waals surface area contributed by atoms with Crippen LogP contribution < -0.4 is 10.1 Å². The molecule has 0 saturated carbocycles. The number of amides is 2. The Balaban J connectivity index is 1.60. The number of carbonyl (C=O) groups is 2. The molecule has 1 N–H and O–H groups in total. The summed E-state index contributed by atoms with van der Waals surface area (Å²) in [6, 6.07) is 9.14. The third kappa shape index (κ3) is 4.48. The molecule has 144 valence electrons. The van der Waals surface area contributed by atoms with Crippen LogP contribution in [0.2, 0.25) is 0 Å². The van der Waals surface area contributed by atoms with Crippen molar-refractivity contribution >= 4 is 11.8 Å². The van der Waals surface area contributed by atoms with Gasteiger partial charge in [0, 0.05) is 36.7 Å². The number of ether oxygens (including phenoxy) is 1. The van der Waals surface area contributed by atoms with E-state index in [0.717, 1.165) is 11.3 Å². The quantitative estimate of drug-likeness (QED) is 0.874. The highest BCUT2D eigenvalue weighted by Crippen LogP contribution is 2.25. The van der Waals surface area contributed by atoms with E-state index >= 15 is 0 Å². The lowest BCUT2D eigenvalue weighted by Gasteiger charge is -2.31.